The quantitative estimate of drug-likeness (QED) is 0.621. The van der Waals surface area contributed by atoms with Gasteiger partial charge >= 0.3 is 0 Å². The SMILES string of the molecule is Cc1cc(C(N)=NC(C)(C)C)cc(C)c1Br. The molecule has 2 nitrogen and oxygen atoms in total. The van der Waals surface area contributed by atoms with Gasteiger partial charge in [0.25, 0.3) is 0 Å². The normalized spacial score (nSPS) is 13.0. The molecule has 1 aromatic carbocycles. The topological polar surface area (TPSA) is 38.4 Å². The van der Waals surface area contributed by atoms with E-state index in [1.54, 1.807) is 0 Å². The molecule has 0 heterocycles. The van der Waals surface area contributed by atoms with Crippen molar-refractivity contribution >= 4 is 21.8 Å². The summed E-state index contributed by atoms with van der Waals surface area (Å²) >= 11 is 3.54. The molecule has 16 heavy (non-hydrogen) atoms. The predicted molar refractivity (Wildman–Crippen MR) is 74.1 cm³/mol. The Bertz CT molecular complexity index is 405. The molecule has 0 atom stereocenters. The number of nitrogens with zero attached hydrogens (tertiary/aromatic N) is 1. The fraction of sp³-hybridized carbons (Fsp3) is 0.462. The Morgan fingerprint density at radius 3 is 2.00 bits per heavy atom. The van der Waals surface area contributed by atoms with Crippen molar-refractivity contribution < 1.29 is 0 Å². The number of rotatable bonds is 1. The van der Waals surface area contributed by atoms with Crippen LogP contribution in [0, 0.1) is 13.8 Å². The van der Waals surface area contributed by atoms with Gasteiger partial charge in [0.05, 0.1) is 5.54 Å². The largest absolute Gasteiger partial charge is 0.383 e. The van der Waals surface area contributed by atoms with Gasteiger partial charge in [0, 0.05) is 10.0 Å². The first-order valence-electron chi connectivity index (χ1n) is 5.33. The van der Waals surface area contributed by atoms with Crippen LogP contribution in [-0.2, 0) is 0 Å². The summed E-state index contributed by atoms with van der Waals surface area (Å²) in [5.74, 6) is 0.603. The molecule has 0 bridgehead atoms. The monoisotopic (exact) mass is 282 g/mol. The standard InChI is InChI=1S/C13H19BrN2/c1-8-6-10(7-9(2)11(8)14)12(15)16-13(3,4)5/h6-7H,1-5H3,(H2,15,16). The number of hydrogen-bond acceptors (Lipinski definition) is 1. The Labute approximate surface area is 106 Å². The van der Waals surface area contributed by atoms with Crippen molar-refractivity contribution in [3.05, 3.63) is 33.3 Å². The Morgan fingerprint density at radius 2 is 1.62 bits per heavy atom. The number of hydrogen-bond donors (Lipinski definition) is 1. The third kappa shape index (κ3) is 3.34. The van der Waals surface area contributed by atoms with Crippen LogP contribution >= 0.6 is 15.9 Å². The molecule has 0 radical (unpaired) electrons. The van der Waals surface area contributed by atoms with E-state index >= 15 is 0 Å². The van der Waals surface area contributed by atoms with Gasteiger partial charge in [0.2, 0.25) is 0 Å². The van der Waals surface area contributed by atoms with E-state index in [-0.39, 0.29) is 5.54 Å². The summed E-state index contributed by atoms with van der Waals surface area (Å²) in [6.07, 6.45) is 0. The lowest BCUT2D eigenvalue weighted by atomic mass is 10.1. The molecule has 0 spiro atoms. The van der Waals surface area contributed by atoms with Gasteiger partial charge in [-0.2, -0.15) is 0 Å². The molecule has 1 aromatic rings. The van der Waals surface area contributed by atoms with Crippen molar-refractivity contribution in [3.8, 4) is 0 Å². The summed E-state index contributed by atoms with van der Waals surface area (Å²) in [5, 5.41) is 0. The highest BCUT2D eigenvalue weighted by atomic mass is 79.9. The first-order valence-corrected chi connectivity index (χ1v) is 6.12. The second-order valence-corrected chi connectivity index (χ2v) is 5.88. The fourth-order valence-corrected chi connectivity index (χ4v) is 1.75. The van der Waals surface area contributed by atoms with Crippen LogP contribution in [0.15, 0.2) is 21.6 Å². The zero-order chi connectivity index (χ0) is 12.5. The van der Waals surface area contributed by atoms with Crippen molar-refractivity contribution in [1.29, 1.82) is 0 Å². The van der Waals surface area contributed by atoms with E-state index in [9.17, 15) is 0 Å². The summed E-state index contributed by atoms with van der Waals surface area (Å²) in [5.41, 5.74) is 9.22. The summed E-state index contributed by atoms with van der Waals surface area (Å²) in [4.78, 5) is 4.47. The molecule has 0 aromatic heterocycles. The maximum absolute atomic E-state index is 6.00. The second-order valence-electron chi connectivity index (χ2n) is 5.09. The molecular formula is C13H19BrN2. The molecule has 0 saturated carbocycles. The van der Waals surface area contributed by atoms with Crippen molar-refractivity contribution in [1.82, 2.24) is 0 Å². The van der Waals surface area contributed by atoms with E-state index in [1.165, 1.54) is 11.1 Å². The highest BCUT2D eigenvalue weighted by Crippen LogP contribution is 2.22. The Balaban J connectivity index is 3.21. The molecule has 3 heteroatoms. The van der Waals surface area contributed by atoms with Gasteiger partial charge in [-0.05, 0) is 57.9 Å². The van der Waals surface area contributed by atoms with Crippen LogP contribution in [-0.4, -0.2) is 11.4 Å². The summed E-state index contributed by atoms with van der Waals surface area (Å²) in [6.45, 7) is 10.2. The van der Waals surface area contributed by atoms with Crippen LogP contribution in [0.5, 0.6) is 0 Å². The zero-order valence-corrected chi connectivity index (χ0v) is 12.1. The number of aryl methyl sites for hydroxylation is 2. The van der Waals surface area contributed by atoms with E-state index in [2.05, 4.69) is 46.9 Å². The lowest BCUT2D eigenvalue weighted by Crippen LogP contribution is -2.21. The number of halogens is 1. The minimum atomic E-state index is -0.140. The molecule has 2 N–H and O–H groups in total. The molecule has 0 amide bonds. The van der Waals surface area contributed by atoms with Crippen molar-refractivity contribution in [2.45, 2.75) is 40.2 Å². The third-order valence-electron chi connectivity index (χ3n) is 2.19. The number of nitrogens with two attached hydrogens (primary N) is 1. The molecule has 0 aliphatic heterocycles. The molecule has 0 fully saturated rings. The van der Waals surface area contributed by atoms with Gasteiger partial charge in [0.15, 0.2) is 0 Å². The van der Waals surface area contributed by atoms with Gasteiger partial charge in [-0.15, -0.1) is 0 Å². The van der Waals surface area contributed by atoms with E-state index in [0.717, 1.165) is 10.0 Å². The van der Waals surface area contributed by atoms with Crippen molar-refractivity contribution in [3.63, 3.8) is 0 Å². The second kappa shape index (κ2) is 4.58. The lowest BCUT2D eigenvalue weighted by Gasteiger charge is -2.15. The van der Waals surface area contributed by atoms with Crippen LogP contribution in [0.2, 0.25) is 0 Å². The molecular weight excluding hydrogens is 264 g/mol. The Hall–Kier alpha value is -0.830. The molecule has 0 aliphatic rings. The van der Waals surface area contributed by atoms with E-state index in [4.69, 9.17) is 5.73 Å². The lowest BCUT2D eigenvalue weighted by molar-refractivity contribution is 0.583. The number of aliphatic imine (C=N–C) groups is 1. The van der Waals surface area contributed by atoms with E-state index < -0.39 is 0 Å². The van der Waals surface area contributed by atoms with Crippen molar-refractivity contribution in [2.75, 3.05) is 0 Å². The average molecular weight is 283 g/mol. The number of benzene rings is 1. The predicted octanol–water partition coefficient (Wildman–Crippen LogP) is 3.57. The minimum Gasteiger partial charge on any atom is -0.383 e. The zero-order valence-electron chi connectivity index (χ0n) is 10.6. The minimum absolute atomic E-state index is 0.140. The van der Waals surface area contributed by atoms with Crippen LogP contribution in [0.1, 0.15) is 37.5 Å². The number of amidine groups is 1. The molecule has 1 rings (SSSR count). The fourth-order valence-electron chi connectivity index (χ4n) is 1.52. The Morgan fingerprint density at radius 1 is 1.19 bits per heavy atom. The van der Waals surface area contributed by atoms with Crippen LogP contribution in [0.4, 0.5) is 0 Å². The molecule has 0 aliphatic carbocycles. The summed E-state index contributed by atoms with van der Waals surface area (Å²) in [7, 11) is 0. The highest BCUT2D eigenvalue weighted by molar-refractivity contribution is 9.10. The molecule has 88 valence electrons. The van der Waals surface area contributed by atoms with Gasteiger partial charge in [-0.25, -0.2) is 0 Å². The maximum atomic E-state index is 6.00. The smallest absolute Gasteiger partial charge is 0.126 e. The van der Waals surface area contributed by atoms with Crippen LogP contribution < -0.4 is 5.73 Å². The summed E-state index contributed by atoms with van der Waals surface area (Å²) < 4.78 is 1.14. The van der Waals surface area contributed by atoms with Crippen molar-refractivity contribution in [2.24, 2.45) is 10.7 Å². The van der Waals surface area contributed by atoms with Crippen LogP contribution in [0.25, 0.3) is 0 Å². The van der Waals surface area contributed by atoms with E-state index in [1.807, 2.05) is 20.8 Å². The first kappa shape index (κ1) is 13.2. The maximum Gasteiger partial charge on any atom is 0.126 e. The molecule has 0 saturated heterocycles. The highest BCUT2D eigenvalue weighted by Gasteiger charge is 2.10. The molecule has 0 unspecified atom stereocenters. The average Bonchev–Trinajstić information content (AvgIpc) is 2.10. The van der Waals surface area contributed by atoms with Gasteiger partial charge < -0.3 is 5.73 Å². The Kier molecular flexibility index (Phi) is 3.79. The van der Waals surface area contributed by atoms with Gasteiger partial charge in [-0.3, -0.25) is 4.99 Å². The van der Waals surface area contributed by atoms with Gasteiger partial charge in [-0.1, -0.05) is 15.9 Å². The van der Waals surface area contributed by atoms with Crippen LogP contribution in [0.3, 0.4) is 0 Å². The third-order valence-corrected chi connectivity index (χ3v) is 3.44. The van der Waals surface area contributed by atoms with Gasteiger partial charge in [0.1, 0.15) is 5.84 Å². The van der Waals surface area contributed by atoms with E-state index in [0.29, 0.717) is 5.84 Å². The summed E-state index contributed by atoms with van der Waals surface area (Å²) in [6, 6.07) is 4.11. The first-order chi connectivity index (χ1) is 7.20.